The fourth-order valence-corrected chi connectivity index (χ4v) is 4.10. The molecule has 0 saturated carbocycles. The fraction of sp³-hybridized carbons (Fsp3) is 0.350. The molecule has 7 heteroatoms. The van der Waals surface area contributed by atoms with Crippen LogP contribution in [0.4, 0.5) is 4.39 Å². The average molecular weight is 410 g/mol. The lowest BCUT2D eigenvalue weighted by Crippen LogP contribution is -2.32. The van der Waals surface area contributed by atoms with E-state index in [1.807, 2.05) is 31.2 Å². The number of thioether (sulfide) groups is 2. The van der Waals surface area contributed by atoms with Crippen molar-refractivity contribution in [1.82, 2.24) is 5.32 Å². The third-order valence-electron chi connectivity index (χ3n) is 3.80. The maximum Gasteiger partial charge on any atom is 0.233 e. The summed E-state index contributed by atoms with van der Waals surface area (Å²) in [6.07, 6.45) is 0. The summed E-state index contributed by atoms with van der Waals surface area (Å²) in [5.74, 6) is 2.41. The molecule has 0 heterocycles. The number of nitrogens with one attached hydrogen (secondary N) is 1. The second kappa shape index (κ2) is 11.1. The van der Waals surface area contributed by atoms with E-state index in [1.165, 1.54) is 17.8 Å². The number of ether oxygens (including phenoxy) is 2. The van der Waals surface area contributed by atoms with Crippen LogP contribution in [0.5, 0.6) is 11.5 Å². The van der Waals surface area contributed by atoms with Crippen LogP contribution in [0.1, 0.15) is 12.5 Å². The Hall–Kier alpha value is -1.86. The van der Waals surface area contributed by atoms with Crippen molar-refractivity contribution in [2.75, 3.05) is 26.5 Å². The standard InChI is InChI=1S/C20H24FNO3S2/c1-14(27-16-8-9-18(24-2)19(12-16)25-3)20(23)22-10-11-26-13-15-6-4-5-7-17(15)21/h4-9,12,14H,10-11,13H2,1-3H3,(H,22,23)/t14-/m1/s1. The third-order valence-corrected chi connectivity index (χ3v) is 5.90. The van der Waals surface area contributed by atoms with Crippen LogP contribution in [-0.2, 0) is 10.5 Å². The molecule has 1 N–H and O–H groups in total. The summed E-state index contributed by atoms with van der Waals surface area (Å²) in [4.78, 5) is 13.2. The average Bonchev–Trinajstić information content (AvgIpc) is 2.68. The summed E-state index contributed by atoms with van der Waals surface area (Å²) >= 11 is 3.05. The molecule has 2 aromatic carbocycles. The van der Waals surface area contributed by atoms with Crippen LogP contribution in [0.3, 0.4) is 0 Å². The molecule has 0 aliphatic rings. The monoisotopic (exact) mass is 409 g/mol. The minimum absolute atomic E-state index is 0.0266. The quantitative estimate of drug-likeness (QED) is 0.466. The first-order valence-corrected chi connectivity index (χ1v) is 10.6. The first-order valence-electron chi connectivity index (χ1n) is 8.52. The van der Waals surface area contributed by atoms with Crippen LogP contribution < -0.4 is 14.8 Å². The Morgan fingerprint density at radius 2 is 1.89 bits per heavy atom. The summed E-state index contributed by atoms with van der Waals surface area (Å²) in [6.45, 7) is 2.41. The second-order valence-corrected chi connectivity index (χ2v) is 8.23. The van der Waals surface area contributed by atoms with Crippen molar-refractivity contribution in [1.29, 1.82) is 0 Å². The molecule has 2 rings (SSSR count). The normalized spacial score (nSPS) is 11.7. The number of hydrogen-bond acceptors (Lipinski definition) is 5. The van der Waals surface area contributed by atoms with E-state index in [-0.39, 0.29) is 17.0 Å². The van der Waals surface area contributed by atoms with Crippen molar-refractivity contribution >= 4 is 29.4 Å². The maximum absolute atomic E-state index is 13.5. The van der Waals surface area contributed by atoms with Gasteiger partial charge in [0.15, 0.2) is 11.5 Å². The Balaban J connectivity index is 1.73. The van der Waals surface area contributed by atoms with Crippen molar-refractivity contribution in [2.24, 2.45) is 0 Å². The predicted octanol–water partition coefficient (Wildman–Crippen LogP) is 4.37. The lowest BCUT2D eigenvalue weighted by molar-refractivity contribution is -0.120. The smallest absolute Gasteiger partial charge is 0.233 e. The number of methoxy groups -OCH3 is 2. The molecule has 0 aliphatic carbocycles. The number of carbonyl (C=O) groups is 1. The van der Waals surface area contributed by atoms with Gasteiger partial charge in [-0.1, -0.05) is 18.2 Å². The second-order valence-electron chi connectivity index (χ2n) is 5.71. The molecule has 27 heavy (non-hydrogen) atoms. The van der Waals surface area contributed by atoms with E-state index in [2.05, 4.69) is 5.32 Å². The van der Waals surface area contributed by atoms with Crippen molar-refractivity contribution in [2.45, 2.75) is 22.8 Å². The van der Waals surface area contributed by atoms with Gasteiger partial charge in [0.2, 0.25) is 5.91 Å². The number of rotatable bonds is 10. The molecule has 0 radical (unpaired) electrons. The first-order chi connectivity index (χ1) is 13.0. The topological polar surface area (TPSA) is 47.6 Å². The molecule has 2 aromatic rings. The highest BCUT2D eigenvalue weighted by Gasteiger charge is 2.15. The highest BCUT2D eigenvalue weighted by atomic mass is 32.2. The zero-order valence-electron chi connectivity index (χ0n) is 15.7. The molecule has 0 spiro atoms. The van der Waals surface area contributed by atoms with E-state index in [1.54, 1.807) is 38.1 Å². The van der Waals surface area contributed by atoms with E-state index in [4.69, 9.17) is 9.47 Å². The molecule has 1 amide bonds. The summed E-state index contributed by atoms with van der Waals surface area (Å²) in [6, 6.07) is 12.3. The largest absolute Gasteiger partial charge is 0.493 e. The van der Waals surface area contributed by atoms with Gasteiger partial charge in [0.25, 0.3) is 0 Å². The Morgan fingerprint density at radius 3 is 2.59 bits per heavy atom. The highest BCUT2D eigenvalue weighted by molar-refractivity contribution is 8.00. The number of benzene rings is 2. The Morgan fingerprint density at radius 1 is 1.15 bits per heavy atom. The highest BCUT2D eigenvalue weighted by Crippen LogP contribution is 2.33. The van der Waals surface area contributed by atoms with Crippen LogP contribution in [-0.4, -0.2) is 37.7 Å². The Kier molecular flexibility index (Phi) is 8.81. The molecular weight excluding hydrogens is 385 g/mol. The Bertz CT molecular complexity index is 758. The van der Waals surface area contributed by atoms with E-state index < -0.39 is 0 Å². The number of halogens is 1. The maximum atomic E-state index is 13.5. The molecule has 0 fully saturated rings. The third kappa shape index (κ3) is 6.66. The van der Waals surface area contributed by atoms with Gasteiger partial charge in [0, 0.05) is 22.9 Å². The Labute approximate surface area is 168 Å². The van der Waals surface area contributed by atoms with Crippen molar-refractivity contribution in [3.63, 3.8) is 0 Å². The first kappa shape index (κ1) is 21.4. The van der Waals surface area contributed by atoms with Gasteiger partial charge in [-0.15, -0.1) is 11.8 Å². The summed E-state index contributed by atoms with van der Waals surface area (Å²) in [5, 5.41) is 2.69. The zero-order chi connectivity index (χ0) is 19.6. The van der Waals surface area contributed by atoms with Crippen LogP contribution in [0.25, 0.3) is 0 Å². The molecule has 1 atom stereocenters. The number of amides is 1. The summed E-state index contributed by atoms with van der Waals surface area (Å²) < 4.78 is 24.0. The van der Waals surface area contributed by atoms with Gasteiger partial charge in [0.1, 0.15) is 5.82 Å². The van der Waals surface area contributed by atoms with Crippen LogP contribution in [0.15, 0.2) is 47.4 Å². The van der Waals surface area contributed by atoms with Crippen molar-refractivity contribution in [3.05, 3.63) is 53.8 Å². The van der Waals surface area contributed by atoms with Crippen molar-refractivity contribution < 1.29 is 18.7 Å². The van der Waals surface area contributed by atoms with Gasteiger partial charge in [0.05, 0.1) is 19.5 Å². The minimum atomic E-state index is -0.236. The number of carbonyl (C=O) groups excluding carboxylic acids is 1. The molecule has 146 valence electrons. The predicted molar refractivity (Wildman–Crippen MR) is 110 cm³/mol. The lowest BCUT2D eigenvalue weighted by atomic mass is 10.2. The molecule has 0 bridgehead atoms. The van der Waals surface area contributed by atoms with E-state index in [0.717, 1.165) is 10.6 Å². The number of hydrogen-bond donors (Lipinski definition) is 1. The van der Waals surface area contributed by atoms with Gasteiger partial charge >= 0.3 is 0 Å². The minimum Gasteiger partial charge on any atom is -0.493 e. The molecule has 0 saturated heterocycles. The van der Waals surface area contributed by atoms with Gasteiger partial charge in [-0.25, -0.2) is 4.39 Å². The van der Waals surface area contributed by atoms with E-state index in [9.17, 15) is 9.18 Å². The van der Waals surface area contributed by atoms with Crippen LogP contribution in [0, 0.1) is 5.82 Å². The van der Waals surface area contributed by atoms with E-state index in [0.29, 0.717) is 29.4 Å². The SMILES string of the molecule is COc1ccc(S[C@H](C)C(=O)NCCSCc2ccccc2F)cc1OC. The van der Waals surface area contributed by atoms with E-state index >= 15 is 0 Å². The molecule has 4 nitrogen and oxygen atoms in total. The van der Waals surface area contributed by atoms with Gasteiger partial charge in [-0.05, 0) is 36.8 Å². The van der Waals surface area contributed by atoms with Gasteiger partial charge in [-0.3, -0.25) is 4.79 Å². The molecule has 0 aromatic heterocycles. The van der Waals surface area contributed by atoms with Gasteiger partial charge < -0.3 is 14.8 Å². The molecule has 0 aliphatic heterocycles. The summed E-state index contributed by atoms with van der Waals surface area (Å²) in [7, 11) is 3.17. The zero-order valence-corrected chi connectivity index (χ0v) is 17.3. The molecular formula is C20H24FNO3S2. The van der Waals surface area contributed by atoms with Crippen molar-refractivity contribution in [3.8, 4) is 11.5 Å². The summed E-state index contributed by atoms with van der Waals surface area (Å²) in [5.41, 5.74) is 0.686. The van der Waals surface area contributed by atoms with Gasteiger partial charge in [-0.2, -0.15) is 11.8 Å². The molecule has 0 unspecified atom stereocenters. The fourth-order valence-electron chi connectivity index (χ4n) is 2.34. The lowest BCUT2D eigenvalue weighted by Gasteiger charge is -2.14. The van der Waals surface area contributed by atoms with Crippen LogP contribution >= 0.6 is 23.5 Å². The van der Waals surface area contributed by atoms with Crippen LogP contribution in [0.2, 0.25) is 0 Å².